The first-order valence-electron chi connectivity index (χ1n) is 8.43. The molecule has 27 heavy (non-hydrogen) atoms. The van der Waals surface area contributed by atoms with Crippen molar-refractivity contribution in [1.29, 1.82) is 0 Å². The molecule has 0 spiro atoms. The van der Waals surface area contributed by atoms with Gasteiger partial charge in [0.2, 0.25) is 15.9 Å². The molecule has 0 saturated carbocycles. The molecule has 10 heteroatoms. The van der Waals surface area contributed by atoms with Crippen LogP contribution in [0.25, 0.3) is 0 Å². The van der Waals surface area contributed by atoms with Gasteiger partial charge in [0.15, 0.2) is 11.5 Å². The van der Waals surface area contributed by atoms with Gasteiger partial charge >= 0.3 is 0 Å². The van der Waals surface area contributed by atoms with Crippen LogP contribution in [0.5, 0.6) is 11.5 Å². The van der Waals surface area contributed by atoms with Crippen LogP contribution >= 0.6 is 0 Å². The lowest BCUT2D eigenvalue weighted by molar-refractivity contribution is -0.133. The predicted molar refractivity (Wildman–Crippen MR) is 97.1 cm³/mol. The number of benzene rings is 1. The van der Waals surface area contributed by atoms with Crippen LogP contribution in [0.3, 0.4) is 0 Å². The van der Waals surface area contributed by atoms with Gasteiger partial charge in [-0.05, 0) is 18.2 Å². The monoisotopic (exact) mass is 394 g/mol. The summed E-state index contributed by atoms with van der Waals surface area (Å²) >= 11 is 0. The Morgan fingerprint density at radius 1 is 1.11 bits per heavy atom. The summed E-state index contributed by atoms with van der Waals surface area (Å²) in [6.45, 7) is 1.30. The topological polar surface area (TPSA) is 94.0 Å². The Labute approximate surface area is 158 Å². The number of aromatic nitrogens is 2. The summed E-state index contributed by atoms with van der Waals surface area (Å²) in [6.07, 6.45) is 3.33. The lowest BCUT2D eigenvalue weighted by Crippen LogP contribution is -2.51. The van der Waals surface area contributed by atoms with Gasteiger partial charge in [-0.2, -0.15) is 9.40 Å². The highest BCUT2D eigenvalue weighted by molar-refractivity contribution is 7.89. The van der Waals surface area contributed by atoms with Gasteiger partial charge in [-0.3, -0.25) is 9.48 Å². The molecule has 1 aromatic carbocycles. The molecule has 2 heterocycles. The van der Waals surface area contributed by atoms with E-state index >= 15 is 0 Å². The third-order valence-corrected chi connectivity index (χ3v) is 6.34. The number of methoxy groups -OCH3 is 2. The maximum absolute atomic E-state index is 12.9. The zero-order valence-corrected chi connectivity index (χ0v) is 16.1. The lowest BCUT2D eigenvalue weighted by atomic mass is 10.3. The number of carbonyl (C=O) groups is 1. The smallest absolute Gasteiger partial charge is 0.244 e. The molecule has 146 valence electrons. The molecule has 9 nitrogen and oxygen atoms in total. The molecule has 0 atom stereocenters. The third kappa shape index (κ3) is 4.06. The molecule has 0 bridgehead atoms. The van der Waals surface area contributed by atoms with E-state index in [9.17, 15) is 13.2 Å². The zero-order chi connectivity index (χ0) is 19.4. The number of piperazine rings is 1. The number of sulfonamides is 1. The first-order chi connectivity index (χ1) is 13.0. The van der Waals surface area contributed by atoms with Crippen LogP contribution in [-0.4, -0.2) is 73.7 Å². The molecule has 1 amide bonds. The van der Waals surface area contributed by atoms with E-state index in [2.05, 4.69) is 5.10 Å². The number of nitrogens with zero attached hydrogens (tertiary/aromatic N) is 4. The van der Waals surface area contributed by atoms with Crippen LogP contribution in [-0.2, 0) is 21.4 Å². The Morgan fingerprint density at radius 2 is 1.81 bits per heavy atom. The molecule has 0 aliphatic carbocycles. The van der Waals surface area contributed by atoms with E-state index in [4.69, 9.17) is 9.47 Å². The summed E-state index contributed by atoms with van der Waals surface area (Å²) in [5.74, 6) is 0.735. The molecule has 3 rings (SSSR count). The molecule has 1 aromatic heterocycles. The standard InChI is InChI=1S/C17H22N4O5S/c1-25-15-5-4-14(12-16(15)26-2)27(23,24)21-10-8-19(9-11-21)17(22)13-20-7-3-6-18-20/h3-7,12H,8-11,13H2,1-2H3. The van der Waals surface area contributed by atoms with Crippen LogP contribution in [0.4, 0.5) is 0 Å². The summed E-state index contributed by atoms with van der Waals surface area (Å²) < 4.78 is 39.1. The molecular weight excluding hydrogens is 372 g/mol. The summed E-state index contributed by atoms with van der Waals surface area (Å²) in [5, 5.41) is 4.02. The van der Waals surface area contributed by atoms with Crippen molar-refractivity contribution < 1.29 is 22.7 Å². The molecule has 2 aromatic rings. The Bertz CT molecular complexity index is 890. The van der Waals surface area contributed by atoms with Crippen molar-refractivity contribution in [2.45, 2.75) is 11.4 Å². The first-order valence-corrected chi connectivity index (χ1v) is 9.87. The molecule has 1 aliphatic rings. The van der Waals surface area contributed by atoms with E-state index in [0.717, 1.165) is 0 Å². The number of rotatable bonds is 6. The van der Waals surface area contributed by atoms with Gasteiger partial charge < -0.3 is 14.4 Å². The highest BCUT2D eigenvalue weighted by atomic mass is 32.2. The van der Waals surface area contributed by atoms with Crippen molar-refractivity contribution in [3.63, 3.8) is 0 Å². The maximum Gasteiger partial charge on any atom is 0.244 e. The number of hydrogen-bond donors (Lipinski definition) is 0. The fraction of sp³-hybridized carbons (Fsp3) is 0.412. The Kier molecular flexibility index (Phi) is 5.66. The average molecular weight is 394 g/mol. The van der Waals surface area contributed by atoms with Gasteiger partial charge in [-0.25, -0.2) is 8.42 Å². The number of ether oxygens (including phenoxy) is 2. The molecule has 1 fully saturated rings. The zero-order valence-electron chi connectivity index (χ0n) is 15.2. The maximum atomic E-state index is 12.9. The second-order valence-electron chi connectivity index (χ2n) is 6.01. The van der Waals surface area contributed by atoms with E-state index in [0.29, 0.717) is 24.6 Å². The second-order valence-corrected chi connectivity index (χ2v) is 7.94. The third-order valence-electron chi connectivity index (χ3n) is 4.44. The van der Waals surface area contributed by atoms with Crippen molar-refractivity contribution in [2.75, 3.05) is 40.4 Å². The van der Waals surface area contributed by atoms with Crippen LogP contribution < -0.4 is 9.47 Å². The molecular formula is C17H22N4O5S. The molecule has 0 unspecified atom stereocenters. The molecule has 0 N–H and O–H groups in total. The largest absolute Gasteiger partial charge is 0.493 e. The van der Waals surface area contributed by atoms with Gasteiger partial charge in [0.1, 0.15) is 6.54 Å². The van der Waals surface area contributed by atoms with Gasteiger partial charge in [0, 0.05) is 44.6 Å². The minimum atomic E-state index is -3.68. The summed E-state index contributed by atoms with van der Waals surface area (Å²) in [4.78, 5) is 14.1. The summed E-state index contributed by atoms with van der Waals surface area (Å²) in [6, 6.07) is 6.26. The fourth-order valence-corrected chi connectivity index (χ4v) is 4.37. The summed E-state index contributed by atoms with van der Waals surface area (Å²) in [5.41, 5.74) is 0. The molecule has 1 saturated heterocycles. The van der Waals surface area contributed by atoms with Crippen molar-refractivity contribution in [3.8, 4) is 11.5 Å². The Hall–Kier alpha value is -2.59. The van der Waals surface area contributed by atoms with Crippen LogP contribution in [0.2, 0.25) is 0 Å². The van der Waals surface area contributed by atoms with Crippen molar-refractivity contribution in [1.82, 2.24) is 19.0 Å². The van der Waals surface area contributed by atoms with Gasteiger partial charge in [-0.15, -0.1) is 0 Å². The SMILES string of the molecule is COc1ccc(S(=O)(=O)N2CCN(C(=O)Cn3cccn3)CC2)cc1OC. The normalized spacial score (nSPS) is 15.6. The fourth-order valence-electron chi connectivity index (χ4n) is 2.94. The van der Waals surface area contributed by atoms with E-state index < -0.39 is 10.0 Å². The van der Waals surface area contributed by atoms with Crippen LogP contribution in [0.1, 0.15) is 0 Å². The van der Waals surface area contributed by atoms with Gasteiger partial charge in [0.25, 0.3) is 0 Å². The predicted octanol–water partition coefficient (Wildman–Crippen LogP) is 0.433. The van der Waals surface area contributed by atoms with Crippen molar-refractivity contribution in [3.05, 3.63) is 36.7 Å². The van der Waals surface area contributed by atoms with E-state index in [1.54, 1.807) is 34.1 Å². The number of carbonyl (C=O) groups excluding carboxylic acids is 1. The van der Waals surface area contributed by atoms with Gasteiger partial charge in [0.05, 0.1) is 19.1 Å². The highest BCUT2D eigenvalue weighted by Crippen LogP contribution is 2.30. The van der Waals surface area contributed by atoms with Crippen LogP contribution in [0, 0.1) is 0 Å². The lowest BCUT2D eigenvalue weighted by Gasteiger charge is -2.34. The van der Waals surface area contributed by atoms with E-state index in [-0.39, 0.29) is 30.4 Å². The highest BCUT2D eigenvalue weighted by Gasteiger charge is 2.30. The van der Waals surface area contributed by atoms with Crippen molar-refractivity contribution in [2.24, 2.45) is 0 Å². The minimum Gasteiger partial charge on any atom is -0.493 e. The number of amides is 1. The summed E-state index contributed by atoms with van der Waals surface area (Å²) in [7, 11) is -0.728. The molecule has 0 radical (unpaired) electrons. The minimum absolute atomic E-state index is 0.0816. The second kappa shape index (κ2) is 7.97. The van der Waals surface area contributed by atoms with E-state index in [1.165, 1.54) is 30.7 Å². The Morgan fingerprint density at radius 3 is 2.41 bits per heavy atom. The van der Waals surface area contributed by atoms with Crippen molar-refractivity contribution >= 4 is 15.9 Å². The van der Waals surface area contributed by atoms with Gasteiger partial charge in [-0.1, -0.05) is 0 Å². The Balaban J connectivity index is 1.67. The average Bonchev–Trinajstić information content (AvgIpc) is 3.20. The quantitative estimate of drug-likeness (QED) is 0.705. The number of hydrogen-bond acceptors (Lipinski definition) is 6. The van der Waals surface area contributed by atoms with E-state index in [1.807, 2.05) is 0 Å². The van der Waals surface area contributed by atoms with Crippen LogP contribution in [0.15, 0.2) is 41.6 Å². The molecule has 1 aliphatic heterocycles. The first kappa shape index (κ1) is 19.2.